The zero-order valence-corrected chi connectivity index (χ0v) is 11.2. The maximum absolute atomic E-state index is 13.3. The number of hydrogen-bond acceptors (Lipinski definition) is 3. The molecule has 1 N–H and O–H groups in total. The predicted octanol–water partition coefficient (Wildman–Crippen LogP) is 2.26. The van der Waals surface area contributed by atoms with Crippen molar-refractivity contribution in [2.75, 3.05) is 6.61 Å². The van der Waals surface area contributed by atoms with Gasteiger partial charge in [0.05, 0.1) is 6.07 Å². The highest BCUT2D eigenvalue weighted by Crippen LogP contribution is 2.16. The molecule has 0 saturated carbocycles. The van der Waals surface area contributed by atoms with Crippen LogP contribution in [0.2, 0.25) is 0 Å². The molecule has 0 fully saturated rings. The van der Waals surface area contributed by atoms with Gasteiger partial charge in [0.2, 0.25) is 0 Å². The molecule has 1 amide bonds. The monoisotopic (exact) mass is 264 g/mol. The van der Waals surface area contributed by atoms with Crippen LogP contribution in [0.1, 0.15) is 20.8 Å². The van der Waals surface area contributed by atoms with Gasteiger partial charge in [-0.15, -0.1) is 0 Å². The van der Waals surface area contributed by atoms with Gasteiger partial charge < -0.3 is 10.1 Å². The van der Waals surface area contributed by atoms with Crippen LogP contribution < -0.4 is 10.1 Å². The molecule has 0 saturated heterocycles. The van der Waals surface area contributed by atoms with E-state index < -0.39 is 17.3 Å². The smallest absolute Gasteiger partial charge is 0.259 e. The van der Waals surface area contributed by atoms with E-state index in [2.05, 4.69) is 11.4 Å². The Balaban J connectivity index is 2.58. The molecule has 0 aliphatic rings. The maximum atomic E-state index is 13.3. The van der Waals surface area contributed by atoms with Crippen molar-refractivity contribution < 1.29 is 13.9 Å². The van der Waals surface area contributed by atoms with Gasteiger partial charge in [0.25, 0.3) is 5.91 Å². The third kappa shape index (κ3) is 3.95. The Bertz CT molecular complexity index is 496. The lowest BCUT2D eigenvalue weighted by atomic mass is 9.90. The summed E-state index contributed by atoms with van der Waals surface area (Å²) in [5, 5.41) is 11.7. The van der Waals surface area contributed by atoms with Crippen LogP contribution in [0.3, 0.4) is 0 Å². The molecule has 0 aliphatic carbocycles. The number of para-hydroxylation sites is 1. The number of carbonyl (C=O) groups excluding carboxylic acids is 1. The molecule has 5 heteroatoms. The number of nitrogens with zero attached hydrogens (tertiary/aromatic N) is 1. The largest absolute Gasteiger partial charge is 0.481 e. The summed E-state index contributed by atoms with van der Waals surface area (Å²) in [6.07, 6.45) is 0. The van der Waals surface area contributed by atoms with Crippen LogP contribution in [0.15, 0.2) is 24.3 Å². The Kier molecular flexibility index (Phi) is 4.87. The van der Waals surface area contributed by atoms with Gasteiger partial charge in [-0.3, -0.25) is 4.79 Å². The Morgan fingerprint density at radius 1 is 1.53 bits per heavy atom. The fourth-order valence-electron chi connectivity index (χ4n) is 1.33. The number of halogens is 1. The maximum Gasteiger partial charge on any atom is 0.259 e. The van der Waals surface area contributed by atoms with E-state index in [-0.39, 0.29) is 18.3 Å². The fraction of sp³-hybridized carbons (Fsp3) is 0.429. The van der Waals surface area contributed by atoms with Crippen LogP contribution >= 0.6 is 0 Å². The quantitative estimate of drug-likeness (QED) is 0.887. The first-order valence-electron chi connectivity index (χ1n) is 5.98. The molecule has 1 aromatic rings. The zero-order valence-electron chi connectivity index (χ0n) is 11.2. The lowest BCUT2D eigenvalue weighted by Crippen LogP contribution is -2.50. The molecule has 0 heterocycles. The molecule has 0 radical (unpaired) electrons. The van der Waals surface area contributed by atoms with Crippen molar-refractivity contribution in [2.45, 2.75) is 26.3 Å². The van der Waals surface area contributed by atoms with Gasteiger partial charge in [-0.1, -0.05) is 26.0 Å². The SMILES string of the molecule is CC(C)[C@](C)(C#N)NC(=O)COc1ccccc1F. The second kappa shape index (κ2) is 6.19. The van der Waals surface area contributed by atoms with Crippen LogP contribution in [0.25, 0.3) is 0 Å². The van der Waals surface area contributed by atoms with E-state index in [1.54, 1.807) is 13.0 Å². The number of hydrogen-bond donors (Lipinski definition) is 1. The van der Waals surface area contributed by atoms with Crippen molar-refractivity contribution in [3.05, 3.63) is 30.1 Å². The Morgan fingerprint density at radius 3 is 2.68 bits per heavy atom. The van der Waals surface area contributed by atoms with E-state index in [1.807, 2.05) is 13.8 Å². The predicted molar refractivity (Wildman–Crippen MR) is 68.9 cm³/mol. The number of nitriles is 1. The van der Waals surface area contributed by atoms with Crippen molar-refractivity contribution in [3.63, 3.8) is 0 Å². The van der Waals surface area contributed by atoms with Crippen LogP contribution in [0.5, 0.6) is 5.75 Å². The minimum absolute atomic E-state index is 0.0147. The van der Waals surface area contributed by atoms with Crippen molar-refractivity contribution in [3.8, 4) is 11.8 Å². The van der Waals surface area contributed by atoms with Gasteiger partial charge in [0.15, 0.2) is 18.2 Å². The minimum atomic E-state index is -0.963. The number of rotatable bonds is 5. The van der Waals surface area contributed by atoms with Gasteiger partial charge in [-0.2, -0.15) is 5.26 Å². The van der Waals surface area contributed by atoms with Gasteiger partial charge >= 0.3 is 0 Å². The molecule has 1 aromatic carbocycles. The molecule has 0 aliphatic heterocycles. The summed E-state index contributed by atoms with van der Waals surface area (Å²) < 4.78 is 18.3. The van der Waals surface area contributed by atoms with Crippen molar-refractivity contribution in [1.29, 1.82) is 5.26 Å². The fourth-order valence-corrected chi connectivity index (χ4v) is 1.33. The van der Waals surface area contributed by atoms with Gasteiger partial charge in [-0.05, 0) is 25.0 Å². The topological polar surface area (TPSA) is 62.1 Å². The summed E-state index contributed by atoms with van der Waals surface area (Å²) in [7, 11) is 0. The minimum Gasteiger partial charge on any atom is -0.481 e. The van der Waals surface area contributed by atoms with Gasteiger partial charge in [-0.25, -0.2) is 4.39 Å². The Morgan fingerprint density at radius 2 is 2.16 bits per heavy atom. The van der Waals surface area contributed by atoms with Gasteiger partial charge in [0.1, 0.15) is 5.54 Å². The molecule has 0 aromatic heterocycles. The second-order valence-corrected chi connectivity index (χ2v) is 4.74. The van der Waals surface area contributed by atoms with Crippen LogP contribution in [-0.2, 0) is 4.79 Å². The summed E-state index contributed by atoms with van der Waals surface area (Å²) >= 11 is 0. The average Bonchev–Trinajstić information content (AvgIpc) is 2.37. The van der Waals surface area contributed by atoms with Crippen LogP contribution in [0.4, 0.5) is 4.39 Å². The van der Waals surface area contributed by atoms with E-state index in [0.29, 0.717) is 0 Å². The summed E-state index contributed by atoms with van der Waals surface area (Å²) in [5.74, 6) is -1.01. The van der Waals surface area contributed by atoms with E-state index in [4.69, 9.17) is 10.00 Å². The Hall–Kier alpha value is -2.09. The number of benzene rings is 1. The lowest BCUT2D eigenvalue weighted by Gasteiger charge is -2.27. The molecule has 19 heavy (non-hydrogen) atoms. The number of carbonyl (C=O) groups is 1. The highest BCUT2D eigenvalue weighted by molar-refractivity contribution is 5.78. The normalized spacial score (nSPS) is 13.5. The number of ether oxygens (including phenoxy) is 1. The average molecular weight is 264 g/mol. The summed E-state index contributed by atoms with van der Waals surface area (Å²) in [6.45, 7) is 4.98. The van der Waals surface area contributed by atoms with Crippen molar-refractivity contribution in [1.82, 2.24) is 5.32 Å². The first-order valence-corrected chi connectivity index (χ1v) is 5.98. The van der Waals surface area contributed by atoms with E-state index in [0.717, 1.165) is 0 Å². The van der Waals surface area contributed by atoms with Gasteiger partial charge in [0, 0.05) is 0 Å². The molecule has 4 nitrogen and oxygen atoms in total. The van der Waals surface area contributed by atoms with Crippen molar-refractivity contribution in [2.24, 2.45) is 5.92 Å². The second-order valence-electron chi connectivity index (χ2n) is 4.74. The third-order valence-corrected chi connectivity index (χ3v) is 2.98. The van der Waals surface area contributed by atoms with Crippen LogP contribution in [-0.4, -0.2) is 18.1 Å². The number of amides is 1. The molecule has 0 unspecified atom stereocenters. The molecule has 1 atom stereocenters. The van der Waals surface area contributed by atoms with E-state index in [9.17, 15) is 9.18 Å². The standard InChI is InChI=1S/C14H17FN2O2/c1-10(2)14(3,9-16)17-13(18)8-19-12-7-5-4-6-11(12)15/h4-7,10H,8H2,1-3H3,(H,17,18)/t14-/m0/s1. The first kappa shape index (κ1) is 15.0. The summed E-state index contributed by atoms with van der Waals surface area (Å²) in [4.78, 5) is 11.7. The summed E-state index contributed by atoms with van der Waals surface area (Å²) in [5.41, 5.74) is -0.963. The Labute approximate surface area is 112 Å². The highest BCUT2D eigenvalue weighted by atomic mass is 19.1. The third-order valence-electron chi connectivity index (χ3n) is 2.98. The highest BCUT2D eigenvalue weighted by Gasteiger charge is 2.30. The summed E-state index contributed by atoms with van der Waals surface area (Å²) in [6, 6.07) is 7.90. The zero-order chi connectivity index (χ0) is 14.5. The lowest BCUT2D eigenvalue weighted by molar-refractivity contribution is -0.124. The van der Waals surface area contributed by atoms with Crippen molar-refractivity contribution >= 4 is 5.91 Å². The molecule has 0 spiro atoms. The number of nitrogens with one attached hydrogen (secondary N) is 1. The van der Waals surface area contributed by atoms with Crippen LogP contribution in [0, 0.1) is 23.1 Å². The molecular weight excluding hydrogens is 247 g/mol. The molecule has 1 rings (SSSR count). The first-order chi connectivity index (χ1) is 8.89. The molecule has 0 bridgehead atoms. The molecular formula is C14H17FN2O2. The molecule has 102 valence electrons. The van der Waals surface area contributed by atoms with E-state index >= 15 is 0 Å². The van der Waals surface area contributed by atoms with E-state index in [1.165, 1.54) is 18.2 Å².